The van der Waals surface area contributed by atoms with Crippen LogP contribution in [0, 0.1) is 6.92 Å². The van der Waals surface area contributed by atoms with E-state index in [0.717, 1.165) is 34.1 Å². The molecule has 0 radical (unpaired) electrons. The van der Waals surface area contributed by atoms with Gasteiger partial charge < -0.3 is 20.5 Å². The van der Waals surface area contributed by atoms with Crippen molar-refractivity contribution < 1.29 is 9.47 Å². The van der Waals surface area contributed by atoms with Crippen LogP contribution >= 0.6 is 0 Å². The third-order valence-corrected chi connectivity index (χ3v) is 3.03. The number of fused-ring (bicyclic) bond motifs is 1. The van der Waals surface area contributed by atoms with Crippen molar-refractivity contribution in [1.82, 2.24) is 0 Å². The summed E-state index contributed by atoms with van der Waals surface area (Å²) in [6, 6.07) is 11.7. The van der Waals surface area contributed by atoms with Crippen molar-refractivity contribution in [1.29, 1.82) is 0 Å². The van der Waals surface area contributed by atoms with Gasteiger partial charge in [-0.15, -0.1) is 0 Å². The van der Waals surface area contributed by atoms with Gasteiger partial charge in [-0.25, -0.2) is 0 Å². The normalized spacial score (nSPS) is 13.1. The molecule has 0 saturated carbocycles. The van der Waals surface area contributed by atoms with Gasteiger partial charge in [-0.1, -0.05) is 6.07 Å². The van der Waals surface area contributed by atoms with Crippen LogP contribution in [0.25, 0.3) is 0 Å². The highest BCUT2D eigenvalue weighted by atomic mass is 16.6. The number of nitrogens with one attached hydrogen (secondary N) is 1. The molecule has 0 amide bonds. The standard InChI is InChI=1S/C15H16N2O2/c1-10-2-4-12(16)13(8-10)17-11-3-5-14-15(9-11)19-7-6-18-14/h2-5,8-9,17H,6-7,16H2,1H3. The summed E-state index contributed by atoms with van der Waals surface area (Å²) in [5, 5.41) is 3.30. The zero-order chi connectivity index (χ0) is 13.2. The van der Waals surface area contributed by atoms with Gasteiger partial charge in [0, 0.05) is 11.8 Å². The molecular weight excluding hydrogens is 240 g/mol. The number of nitrogen functional groups attached to an aromatic ring is 1. The van der Waals surface area contributed by atoms with E-state index >= 15 is 0 Å². The molecule has 4 nitrogen and oxygen atoms in total. The predicted molar refractivity (Wildman–Crippen MR) is 76.3 cm³/mol. The molecule has 19 heavy (non-hydrogen) atoms. The predicted octanol–water partition coefficient (Wildman–Crippen LogP) is 3.09. The summed E-state index contributed by atoms with van der Waals surface area (Å²) >= 11 is 0. The summed E-state index contributed by atoms with van der Waals surface area (Å²) in [6.45, 7) is 3.22. The molecule has 2 aromatic rings. The van der Waals surface area contributed by atoms with Gasteiger partial charge >= 0.3 is 0 Å². The highest BCUT2D eigenvalue weighted by molar-refractivity contribution is 5.74. The average molecular weight is 256 g/mol. The molecule has 1 heterocycles. The van der Waals surface area contributed by atoms with Gasteiger partial charge in [-0.3, -0.25) is 0 Å². The molecule has 3 rings (SSSR count). The van der Waals surface area contributed by atoms with E-state index in [1.807, 2.05) is 43.3 Å². The molecule has 0 bridgehead atoms. The number of ether oxygens (including phenoxy) is 2. The first-order valence-electron chi connectivity index (χ1n) is 6.25. The van der Waals surface area contributed by atoms with Crippen molar-refractivity contribution in [3.05, 3.63) is 42.0 Å². The maximum Gasteiger partial charge on any atom is 0.163 e. The van der Waals surface area contributed by atoms with Crippen LogP contribution in [0.2, 0.25) is 0 Å². The van der Waals surface area contributed by atoms with E-state index < -0.39 is 0 Å². The summed E-state index contributed by atoms with van der Waals surface area (Å²) in [6.07, 6.45) is 0. The maximum atomic E-state index is 5.96. The number of benzene rings is 2. The summed E-state index contributed by atoms with van der Waals surface area (Å²) in [4.78, 5) is 0. The van der Waals surface area contributed by atoms with Crippen molar-refractivity contribution in [3.8, 4) is 11.5 Å². The Morgan fingerprint density at radius 1 is 1.00 bits per heavy atom. The van der Waals surface area contributed by atoms with Gasteiger partial charge in [-0.2, -0.15) is 0 Å². The van der Waals surface area contributed by atoms with Crippen LogP contribution in [0.1, 0.15) is 5.56 Å². The second kappa shape index (κ2) is 4.72. The highest BCUT2D eigenvalue weighted by Gasteiger charge is 2.12. The van der Waals surface area contributed by atoms with Gasteiger partial charge in [0.1, 0.15) is 13.2 Å². The van der Waals surface area contributed by atoms with E-state index in [9.17, 15) is 0 Å². The molecule has 0 spiro atoms. The molecule has 0 atom stereocenters. The van der Waals surface area contributed by atoms with Crippen LogP contribution in [-0.2, 0) is 0 Å². The summed E-state index contributed by atoms with van der Waals surface area (Å²) in [5.41, 5.74) is 9.67. The Morgan fingerprint density at radius 2 is 1.79 bits per heavy atom. The zero-order valence-corrected chi connectivity index (χ0v) is 10.8. The van der Waals surface area contributed by atoms with E-state index in [1.165, 1.54) is 0 Å². The second-order valence-electron chi connectivity index (χ2n) is 4.57. The van der Waals surface area contributed by atoms with Gasteiger partial charge in [0.25, 0.3) is 0 Å². The molecule has 4 heteroatoms. The van der Waals surface area contributed by atoms with E-state index in [4.69, 9.17) is 15.2 Å². The van der Waals surface area contributed by atoms with Crippen molar-refractivity contribution in [2.24, 2.45) is 0 Å². The minimum Gasteiger partial charge on any atom is -0.486 e. The third-order valence-electron chi connectivity index (χ3n) is 3.03. The first-order chi connectivity index (χ1) is 9.22. The van der Waals surface area contributed by atoms with Crippen molar-refractivity contribution in [2.45, 2.75) is 6.92 Å². The minimum atomic E-state index is 0.586. The molecule has 98 valence electrons. The Hall–Kier alpha value is -2.36. The van der Waals surface area contributed by atoms with E-state index in [-0.39, 0.29) is 0 Å². The lowest BCUT2D eigenvalue weighted by molar-refractivity contribution is 0.171. The monoisotopic (exact) mass is 256 g/mol. The van der Waals surface area contributed by atoms with Crippen LogP contribution in [0.4, 0.5) is 17.1 Å². The van der Waals surface area contributed by atoms with Crippen LogP contribution in [-0.4, -0.2) is 13.2 Å². The number of aryl methyl sites for hydroxylation is 1. The van der Waals surface area contributed by atoms with Crippen molar-refractivity contribution in [2.75, 3.05) is 24.3 Å². The lowest BCUT2D eigenvalue weighted by Crippen LogP contribution is -2.15. The number of hydrogen-bond acceptors (Lipinski definition) is 4. The first-order valence-corrected chi connectivity index (χ1v) is 6.25. The summed E-state index contributed by atoms with van der Waals surface area (Å²) in [7, 11) is 0. The van der Waals surface area contributed by atoms with E-state index in [1.54, 1.807) is 0 Å². The molecule has 0 aromatic heterocycles. The van der Waals surface area contributed by atoms with Crippen LogP contribution in [0.5, 0.6) is 11.5 Å². The Kier molecular flexibility index (Phi) is 2.91. The topological polar surface area (TPSA) is 56.5 Å². The SMILES string of the molecule is Cc1ccc(N)c(Nc2ccc3c(c2)OCCO3)c1. The van der Waals surface area contributed by atoms with Crippen LogP contribution < -0.4 is 20.5 Å². The molecule has 3 N–H and O–H groups in total. The van der Waals surface area contributed by atoms with Crippen LogP contribution in [0.15, 0.2) is 36.4 Å². The van der Waals surface area contributed by atoms with Crippen molar-refractivity contribution in [3.63, 3.8) is 0 Å². The average Bonchev–Trinajstić information content (AvgIpc) is 2.43. The number of rotatable bonds is 2. The quantitative estimate of drug-likeness (QED) is 0.811. The lowest BCUT2D eigenvalue weighted by atomic mass is 10.2. The highest BCUT2D eigenvalue weighted by Crippen LogP contribution is 2.34. The molecule has 2 aromatic carbocycles. The molecule has 0 fully saturated rings. The summed E-state index contributed by atoms with van der Waals surface area (Å²) < 4.78 is 11.1. The zero-order valence-electron chi connectivity index (χ0n) is 10.8. The Balaban J connectivity index is 1.89. The van der Waals surface area contributed by atoms with E-state index in [0.29, 0.717) is 13.2 Å². The Labute approximate surface area is 112 Å². The summed E-state index contributed by atoms with van der Waals surface area (Å²) in [5.74, 6) is 1.55. The molecule has 1 aliphatic heterocycles. The van der Waals surface area contributed by atoms with Crippen molar-refractivity contribution >= 4 is 17.1 Å². The van der Waals surface area contributed by atoms with Gasteiger partial charge in [0.15, 0.2) is 11.5 Å². The van der Waals surface area contributed by atoms with Gasteiger partial charge in [0.05, 0.1) is 11.4 Å². The first kappa shape index (κ1) is 11.7. The minimum absolute atomic E-state index is 0.586. The fourth-order valence-electron chi connectivity index (χ4n) is 2.05. The maximum absolute atomic E-state index is 5.96. The smallest absolute Gasteiger partial charge is 0.163 e. The van der Waals surface area contributed by atoms with Crippen LogP contribution in [0.3, 0.4) is 0 Å². The molecule has 0 saturated heterocycles. The third kappa shape index (κ3) is 2.42. The molecule has 0 unspecified atom stereocenters. The fourth-order valence-corrected chi connectivity index (χ4v) is 2.05. The second-order valence-corrected chi connectivity index (χ2v) is 4.57. The largest absolute Gasteiger partial charge is 0.486 e. The number of hydrogen-bond donors (Lipinski definition) is 2. The number of anilines is 3. The van der Waals surface area contributed by atoms with Gasteiger partial charge in [0.2, 0.25) is 0 Å². The van der Waals surface area contributed by atoms with E-state index in [2.05, 4.69) is 5.32 Å². The fraction of sp³-hybridized carbons (Fsp3) is 0.200. The lowest BCUT2D eigenvalue weighted by Gasteiger charge is -2.19. The molecular formula is C15H16N2O2. The molecule has 0 aliphatic carbocycles. The molecule has 1 aliphatic rings. The number of nitrogens with two attached hydrogens (primary N) is 1. The Bertz CT molecular complexity index is 611. The Morgan fingerprint density at radius 3 is 2.63 bits per heavy atom. The van der Waals surface area contributed by atoms with Gasteiger partial charge in [-0.05, 0) is 36.8 Å².